The first-order chi connectivity index (χ1) is 7.16. The molecule has 0 aliphatic heterocycles. The van der Waals surface area contributed by atoms with E-state index in [1.165, 1.54) is 19.3 Å². The van der Waals surface area contributed by atoms with Crippen molar-refractivity contribution in [2.24, 2.45) is 35.0 Å². The van der Waals surface area contributed by atoms with Gasteiger partial charge in [-0.3, -0.25) is 0 Å². The molecule has 3 saturated carbocycles. The molecule has 3 aliphatic rings. The molecule has 0 aromatic carbocycles. The highest BCUT2D eigenvalue weighted by Crippen LogP contribution is 2.74. The summed E-state index contributed by atoms with van der Waals surface area (Å²) in [5.74, 6) is 5.30. The Morgan fingerprint density at radius 2 is 1.47 bits per heavy atom. The molecule has 0 amide bonds. The van der Waals surface area contributed by atoms with Gasteiger partial charge in [0.2, 0.25) is 0 Å². The van der Waals surface area contributed by atoms with Gasteiger partial charge in [0, 0.05) is 0 Å². The number of rotatable bonds is 0. The Labute approximate surface area is 94.8 Å². The Bertz CT molecular complexity index is 243. The monoisotopic (exact) mass is 206 g/mol. The van der Waals surface area contributed by atoms with Crippen LogP contribution in [0.25, 0.3) is 0 Å². The molecule has 3 aliphatic carbocycles. The van der Waals surface area contributed by atoms with E-state index in [-0.39, 0.29) is 0 Å². The van der Waals surface area contributed by atoms with E-state index >= 15 is 0 Å². The van der Waals surface area contributed by atoms with Crippen molar-refractivity contribution in [1.82, 2.24) is 0 Å². The zero-order valence-corrected chi connectivity index (χ0v) is 10.6. The second kappa shape index (κ2) is 3.25. The lowest BCUT2D eigenvalue weighted by Crippen LogP contribution is -2.31. The molecule has 0 aromatic rings. The topological polar surface area (TPSA) is 0 Å². The third kappa shape index (κ3) is 1.26. The number of hydrogen-bond donors (Lipinski definition) is 0. The van der Waals surface area contributed by atoms with Crippen molar-refractivity contribution in [3.05, 3.63) is 0 Å². The zero-order valence-electron chi connectivity index (χ0n) is 10.6. The number of fused-ring (bicyclic) bond motifs is 3. The second-order valence-corrected chi connectivity index (χ2v) is 6.91. The summed E-state index contributed by atoms with van der Waals surface area (Å²) in [5.41, 5.74) is 0.836. The third-order valence-electron chi connectivity index (χ3n) is 6.33. The van der Waals surface area contributed by atoms with Gasteiger partial charge in [-0.05, 0) is 60.7 Å². The van der Waals surface area contributed by atoms with E-state index in [2.05, 4.69) is 20.8 Å². The summed E-state index contributed by atoms with van der Waals surface area (Å²) in [6, 6.07) is 0. The van der Waals surface area contributed by atoms with Gasteiger partial charge < -0.3 is 0 Å². The van der Waals surface area contributed by atoms with E-state index in [9.17, 15) is 0 Å². The van der Waals surface area contributed by atoms with Gasteiger partial charge in [-0.15, -0.1) is 0 Å². The zero-order chi connectivity index (χ0) is 10.6. The molecule has 0 bridgehead atoms. The van der Waals surface area contributed by atoms with E-state index < -0.39 is 0 Å². The minimum absolute atomic E-state index is 0.836. The first kappa shape index (κ1) is 10.2. The molecule has 3 rings (SSSR count). The van der Waals surface area contributed by atoms with Gasteiger partial charge in [0.25, 0.3) is 0 Å². The van der Waals surface area contributed by atoms with Crippen LogP contribution < -0.4 is 0 Å². The molecule has 5 atom stereocenters. The largest absolute Gasteiger partial charge is 0.0622 e. The number of hydrogen-bond acceptors (Lipinski definition) is 0. The van der Waals surface area contributed by atoms with Crippen molar-refractivity contribution in [3.8, 4) is 0 Å². The predicted octanol–water partition coefficient (Wildman–Crippen LogP) is 4.49. The Balaban J connectivity index is 1.81. The first-order valence-electron chi connectivity index (χ1n) is 7.16. The predicted molar refractivity (Wildman–Crippen MR) is 64.6 cm³/mol. The molecule has 3 fully saturated rings. The van der Waals surface area contributed by atoms with Gasteiger partial charge in [-0.1, -0.05) is 33.6 Å². The van der Waals surface area contributed by atoms with Crippen LogP contribution in [0, 0.1) is 35.0 Å². The highest BCUT2D eigenvalue weighted by molar-refractivity contribution is 5.15. The molecule has 0 saturated heterocycles. The van der Waals surface area contributed by atoms with Gasteiger partial charge in [-0.2, -0.15) is 0 Å². The standard InChI is InChI=1S/C15H26/c1-10-8-12(3)15(9-11(10)2)13-6-4-5-7-14(13)15/h10-14H,4-9H2,1-3H3. The summed E-state index contributed by atoms with van der Waals surface area (Å²) < 4.78 is 0. The SMILES string of the molecule is CC1CC(C)C2(CC1C)C1CCCCC12. The molecule has 5 unspecified atom stereocenters. The molecule has 86 valence electrons. The van der Waals surface area contributed by atoms with Crippen molar-refractivity contribution >= 4 is 0 Å². The lowest BCUT2D eigenvalue weighted by molar-refractivity contribution is 0.103. The van der Waals surface area contributed by atoms with Gasteiger partial charge in [0.05, 0.1) is 0 Å². The molecular formula is C15H26. The molecule has 0 radical (unpaired) electrons. The van der Waals surface area contributed by atoms with E-state index in [1.807, 2.05) is 0 Å². The van der Waals surface area contributed by atoms with E-state index in [4.69, 9.17) is 0 Å². The molecular weight excluding hydrogens is 180 g/mol. The molecule has 0 nitrogen and oxygen atoms in total. The van der Waals surface area contributed by atoms with Crippen LogP contribution in [-0.2, 0) is 0 Å². The summed E-state index contributed by atoms with van der Waals surface area (Å²) in [6.07, 6.45) is 9.25. The second-order valence-electron chi connectivity index (χ2n) is 6.91. The molecule has 0 heteroatoms. The maximum atomic E-state index is 2.56. The first-order valence-corrected chi connectivity index (χ1v) is 7.16. The minimum Gasteiger partial charge on any atom is -0.0622 e. The molecule has 0 heterocycles. The fourth-order valence-electron chi connectivity index (χ4n) is 5.30. The van der Waals surface area contributed by atoms with Crippen molar-refractivity contribution < 1.29 is 0 Å². The van der Waals surface area contributed by atoms with E-state index in [1.54, 1.807) is 19.3 Å². The molecule has 0 N–H and O–H groups in total. The van der Waals surface area contributed by atoms with Gasteiger partial charge >= 0.3 is 0 Å². The average molecular weight is 206 g/mol. The van der Waals surface area contributed by atoms with Crippen molar-refractivity contribution in [2.75, 3.05) is 0 Å². The molecule has 15 heavy (non-hydrogen) atoms. The third-order valence-corrected chi connectivity index (χ3v) is 6.33. The summed E-state index contributed by atoms with van der Waals surface area (Å²) in [7, 11) is 0. The van der Waals surface area contributed by atoms with Crippen LogP contribution in [0.3, 0.4) is 0 Å². The Morgan fingerprint density at radius 1 is 0.867 bits per heavy atom. The van der Waals surface area contributed by atoms with Crippen LogP contribution in [0.15, 0.2) is 0 Å². The quantitative estimate of drug-likeness (QED) is 0.547. The maximum absolute atomic E-state index is 2.56. The Hall–Kier alpha value is 0. The summed E-state index contributed by atoms with van der Waals surface area (Å²) in [6.45, 7) is 7.53. The van der Waals surface area contributed by atoms with Gasteiger partial charge in [-0.25, -0.2) is 0 Å². The van der Waals surface area contributed by atoms with E-state index in [0.717, 1.165) is 35.0 Å². The minimum atomic E-state index is 0.836. The normalized spacial score (nSPS) is 59.0. The van der Waals surface area contributed by atoms with Gasteiger partial charge in [0.15, 0.2) is 0 Å². The fourth-order valence-corrected chi connectivity index (χ4v) is 5.30. The highest BCUT2D eigenvalue weighted by Gasteiger charge is 2.67. The Kier molecular flexibility index (Phi) is 2.20. The van der Waals surface area contributed by atoms with Crippen LogP contribution in [0.4, 0.5) is 0 Å². The summed E-state index contributed by atoms with van der Waals surface area (Å²) in [5, 5.41) is 0. The van der Waals surface area contributed by atoms with Crippen molar-refractivity contribution in [2.45, 2.75) is 59.3 Å². The summed E-state index contributed by atoms with van der Waals surface area (Å²) in [4.78, 5) is 0. The van der Waals surface area contributed by atoms with Crippen LogP contribution in [0.2, 0.25) is 0 Å². The lowest BCUT2D eigenvalue weighted by atomic mass is 9.66. The highest BCUT2D eigenvalue weighted by atomic mass is 14.7. The van der Waals surface area contributed by atoms with Crippen LogP contribution >= 0.6 is 0 Å². The van der Waals surface area contributed by atoms with Crippen molar-refractivity contribution in [1.29, 1.82) is 0 Å². The van der Waals surface area contributed by atoms with Crippen LogP contribution in [0.1, 0.15) is 59.3 Å². The maximum Gasteiger partial charge on any atom is -0.0207 e. The molecule has 1 spiro atoms. The van der Waals surface area contributed by atoms with Crippen LogP contribution in [-0.4, -0.2) is 0 Å². The Morgan fingerprint density at radius 3 is 2.07 bits per heavy atom. The smallest absolute Gasteiger partial charge is 0.0207 e. The van der Waals surface area contributed by atoms with Crippen LogP contribution in [0.5, 0.6) is 0 Å². The van der Waals surface area contributed by atoms with Crippen molar-refractivity contribution in [3.63, 3.8) is 0 Å². The lowest BCUT2D eigenvalue weighted by Gasteiger charge is -2.39. The van der Waals surface area contributed by atoms with Gasteiger partial charge in [0.1, 0.15) is 0 Å². The molecule has 0 aromatic heterocycles. The van der Waals surface area contributed by atoms with E-state index in [0.29, 0.717) is 0 Å². The average Bonchev–Trinajstić information content (AvgIpc) is 2.86. The fraction of sp³-hybridized carbons (Fsp3) is 1.00. The summed E-state index contributed by atoms with van der Waals surface area (Å²) >= 11 is 0.